The number of pyridine rings is 2. The van der Waals surface area contributed by atoms with Gasteiger partial charge in [-0.1, -0.05) is 0 Å². The van der Waals surface area contributed by atoms with E-state index < -0.39 is 11.6 Å². The molecule has 1 N–H and O–H groups in total. The Morgan fingerprint density at radius 3 is 2.59 bits per heavy atom. The fourth-order valence-corrected chi connectivity index (χ4v) is 2.41. The first kappa shape index (κ1) is 18.4. The lowest BCUT2D eigenvalue weighted by molar-refractivity contribution is 0.00691. The number of methoxy groups -OCH3 is 1. The third kappa shape index (κ3) is 4.05. The smallest absolute Gasteiger partial charge is 0.340 e. The van der Waals surface area contributed by atoms with Crippen molar-refractivity contribution in [3.05, 3.63) is 58.8 Å². The van der Waals surface area contributed by atoms with Gasteiger partial charge in [-0.3, -0.25) is 9.89 Å². The van der Waals surface area contributed by atoms with Gasteiger partial charge in [0.2, 0.25) is 5.88 Å². The highest BCUT2D eigenvalue weighted by Crippen LogP contribution is 2.19. The van der Waals surface area contributed by atoms with Gasteiger partial charge in [0, 0.05) is 24.7 Å². The number of nitrogens with zero attached hydrogens (tertiary/aromatic N) is 3. The molecule has 0 aromatic carbocycles. The fourth-order valence-electron chi connectivity index (χ4n) is 2.41. The minimum Gasteiger partial charge on any atom is -0.481 e. The van der Waals surface area contributed by atoms with Crippen LogP contribution in [0.25, 0.3) is 16.9 Å². The van der Waals surface area contributed by atoms with Gasteiger partial charge in [0.25, 0.3) is 5.56 Å². The second-order valence-electron chi connectivity index (χ2n) is 6.82. The van der Waals surface area contributed by atoms with E-state index in [-0.39, 0.29) is 5.56 Å². The van der Waals surface area contributed by atoms with Gasteiger partial charge in [0.05, 0.1) is 18.2 Å². The van der Waals surface area contributed by atoms with E-state index in [4.69, 9.17) is 9.47 Å². The summed E-state index contributed by atoms with van der Waals surface area (Å²) in [6.45, 7) is 5.38. The zero-order chi connectivity index (χ0) is 19.6. The van der Waals surface area contributed by atoms with Gasteiger partial charge in [0.15, 0.2) is 5.82 Å². The summed E-state index contributed by atoms with van der Waals surface area (Å²) < 4.78 is 11.7. The van der Waals surface area contributed by atoms with Crippen molar-refractivity contribution < 1.29 is 14.3 Å². The van der Waals surface area contributed by atoms with Crippen molar-refractivity contribution in [3.8, 4) is 22.8 Å². The van der Waals surface area contributed by atoms with Crippen LogP contribution in [0.2, 0.25) is 0 Å². The summed E-state index contributed by atoms with van der Waals surface area (Å²) in [4.78, 5) is 33.0. The number of hydrogen-bond acceptors (Lipinski definition) is 6. The van der Waals surface area contributed by atoms with E-state index in [2.05, 4.69) is 15.1 Å². The normalized spacial score (nSPS) is 11.3. The largest absolute Gasteiger partial charge is 0.481 e. The van der Waals surface area contributed by atoms with Crippen LogP contribution in [0.15, 0.2) is 47.7 Å². The van der Waals surface area contributed by atoms with Gasteiger partial charge in [-0.25, -0.2) is 19.4 Å². The monoisotopic (exact) mass is 368 g/mol. The number of rotatable bonds is 4. The van der Waals surface area contributed by atoms with Crippen LogP contribution in [0.4, 0.5) is 0 Å². The minimum atomic E-state index is -0.591. The first-order chi connectivity index (χ1) is 12.8. The molecule has 140 valence electrons. The molecule has 27 heavy (non-hydrogen) atoms. The fraction of sp³-hybridized carbons (Fsp3) is 0.263. The van der Waals surface area contributed by atoms with Crippen molar-refractivity contribution in [2.24, 2.45) is 0 Å². The van der Waals surface area contributed by atoms with E-state index in [0.717, 1.165) is 0 Å². The molecule has 3 aromatic rings. The predicted molar refractivity (Wildman–Crippen MR) is 99.1 cm³/mol. The molecule has 0 fully saturated rings. The molecule has 8 nitrogen and oxygen atoms in total. The molecule has 0 radical (unpaired) electrons. The molecule has 3 heterocycles. The molecule has 0 aliphatic rings. The zero-order valence-electron chi connectivity index (χ0n) is 15.5. The summed E-state index contributed by atoms with van der Waals surface area (Å²) in [5, 5.41) is 2.88. The van der Waals surface area contributed by atoms with E-state index in [1.54, 1.807) is 57.4 Å². The second kappa shape index (κ2) is 7.06. The number of carbonyl (C=O) groups is 1. The lowest BCUT2D eigenvalue weighted by Crippen LogP contribution is -2.24. The number of nitrogens with one attached hydrogen (secondary N) is 1. The molecule has 3 aromatic heterocycles. The number of aromatic amines is 1. The van der Waals surface area contributed by atoms with Crippen LogP contribution >= 0.6 is 0 Å². The molecule has 0 atom stereocenters. The van der Waals surface area contributed by atoms with Crippen LogP contribution < -0.4 is 10.3 Å². The van der Waals surface area contributed by atoms with Crippen LogP contribution in [-0.2, 0) is 4.74 Å². The van der Waals surface area contributed by atoms with Gasteiger partial charge >= 0.3 is 5.97 Å². The molecule has 0 spiro atoms. The highest BCUT2D eigenvalue weighted by Gasteiger charge is 2.18. The Labute approximate surface area is 155 Å². The maximum Gasteiger partial charge on any atom is 0.340 e. The summed E-state index contributed by atoms with van der Waals surface area (Å²) >= 11 is 0. The number of carbonyl (C=O) groups excluding carboxylic acids is 1. The molecular formula is C19H20N4O4. The summed E-state index contributed by atoms with van der Waals surface area (Å²) in [7, 11) is 1.51. The Kier molecular flexibility index (Phi) is 4.81. The molecule has 8 heteroatoms. The van der Waals surface area contributed by atoms with Crippen LogP contribution in [0.5, 0.6) is 5.88 Å². The Morgan fingerprint density at radius 1 is 1.19 bits per heavy atom. The zero-order valence-corrected chi connectivity index (χ0v) is 15.5. The number of aromatic nitrogens is 4. The lowest BCUT2D eigenvalue weighted by Gasteiger charge is -2.19. The highest BCUT2D eigenvalue weighted by molar-refractivity contribution is 5.89. The number of esters is 1. The molecule has 3 rings (SSSR count). The van der Waals surface area contributed by atoms with Crippen LogP contribution in [-0.4, -0.2) is 38.4 Å². The Bertz CT molecular complexity index is 1010. The van der Waals surface area contributed by atoms with Gasteiger partial charge in [-0.2, -0.15) is 0 Å². The van der Waals surface area contributed by atoms with Crippen LogP contribution in [0, 0.1) is 0 Å². The van der Waals surface area contributed by atoms with E-state index in [0.29, 0.717) is 28.4 Å². The summed E-state index contributed by atoms with van der Waals surface area (Å²) in [6.07, 6.45) is 4.53. The van der Waals surface area contributed by atoms with Crippen molar-refractivity contribution in [3.63, 3.8) is 0 Å². The molecule has 0 amide bonds. The first-order valence-corrected chi connectivity index (χ1v) is 8.29. The number of ether oxygens (including phenoxy) is 2. The van der Waals surface area contributed by atoms with Crippen molar-refractivity contribution >= 4 is 5.97 Å². The number of hydrogen-bond donors (Lipinski definition) is 1. The predicted octanol–water partition coefficient (Wildman–Crippen LogP) is 2.59. The Hall–Kier alpha value is -3.42. The topological polar surface area (TPSA) is 99.1 Å². The molecular weight excluding hydrogens is 348 g/mol. The van der Waals surface area contributed by atoms with Crippen molar-refractivity contribution in [1.82, 2.24) is 19.7 Å². The SMILES string of the molecule is COc1cc(-c2c[nH]n(-c3ccc(C(=O)OC(C)(C)C)cn3)c2=O)ccn1. The quantitative estimate of drug-likeness (QED) is 0.711. The van der Waals surface area contributed by atoms with Gasteiger partial charge in [0.1, 0.15) is 5.60 Å². The second-order valence-corrected chi connectivity index (χ2v) is 6.82. The summed E-state index contributed by atoms with van der Waals surface area (Å²) in [6, 6.07) is 6.54. The summed E-state index contributed by atoms with van der Waals surface area (Å²) in [5.74, 6) is 0.309. The third-order valence-electron chi connectivity index (χ3n) is 3.64. The lowest BCUT2D eigenvalue weighted by atomic mass is 10.1. The van der Waals surface area contributed by atoms with Crippen molar-refractivity contribution in [2.45, 2.75) is 26.4 Å². The molecule has 0 unspecified atom stereocenters. The van der Waals surface area contributed by atoms with Crippen molar-refractivity contribution in [1.29, 1.82) is 0 Å². The Morgan fingerprint density at radius 2 is 1.96 bits per heavy atom. The molecule has 0 saturated heterocycles. The summed E-state index contributed by atoms with van der Waals surface area (Å²) in [5.41, 5.74) is 0.571. The van der Waals surface area contributed by atoms with E-state index >= 15 is 0 Å². The minimum absolute atomic E-state index is 0.277. The van der Waals surface area contributed by atoms with Crippen LogP contribution in [0.3, 0.4) is 0 Å². The van der Waals surface area contributed by atoms with E-state index in [9.17, 15) is 9.59 Å². The maximum absolute atomic E-state index is 12.7. The standard InChI is InChI=1S/C19H20N4O4/c1-19(2,3)27-18(25)13-5-6-15(21-10-13)23-17(24)14(11-22-23)12-7-8-20-16(9-12)26-4/h5-11,22H,1-4H3. The third-order valence-corrected chi connectivity index (χ3v) is 3.64. The molecule has 0 aliphatic heterocycles. The highest BCUT2D eigenvalue weighted by atomic mass is 16.6. The average Bonchev–Trinajstić information content (AvgIpc) is 3.02. The van der Waals surface area contributed by atoms with Gasteiger partial charge in [-0.05, 0) is 44.5 Å². The van der Waals surface area contributed by atoms with E-state index in [1.807, 2.05) is 0 Å². The molecule has 0 aliphatic carbocycles. The Balaban J connectivity index is 1.89. The average molecular weight is 368 g/mol. The maximum atomic E-state index is 12.7. The van der Waals surface area contributed by atoms with Gasteiger partial charge < -0.3 is 9.47 Å². The van der Waals surface area contributed by atoms with Gasteiger partial charge in [-0.15, -0.1) is 0 Å². The molecule has 0 saturated carbocycles. The molecule has 0 bridgehead atoms. The van der Waals surface area contributed by atoms with Crippen LogP contribution in [0.1, 0.15) is 31.1 Å². The van der Waals surface area contributed by atoms with Crippen molar-refractivity contribution in [2.75, 3.05) is 7.11 Å². The first-order valence-electron chi connectivity index (χ1n) is 8.29. The van der Waals surface area contributed by atoms with E-state index in [1.165, 1.54) is 18.0 Å². The number of H-pyrrole nitrogens is 1.